The van der Waals surface area contributed by atoms with E-state index in [9.17, 15) is 0 Å². The zero-order chi connectivity index (χ0) is 10.7. The van der Waals surface area contributed by atoms with E-state index in [1.165, 1.54) is 9.13 Å². The van der Waals surface area contributed by atoms with Gasteiger partial charge in [-0.1, -0.05) is 12.1 Å². The number of hydrogen-bond acceptors (Lipinski definition) is 2. The van der Waals surface area contributed by atoms with Crippen LogP contribution in [0.3, 0.4) is 0 Å². The number of benzene rings is 1. The van der Waals surface area contributed by atoms with Crippen LogP contribution in [0.15, 0.2) is 41.0 Å². The first-order chi connectivity index (χ1) is 7.27. The molecule has 3 heteroatoms. The summed E-state index contributed by atoms with van der Waals surface area (Å²) in [4.78, 5) is 0. The van der Waals surface area contributed by atoms with Crippen molar-refractivity contribution in [3.05, 3.63) is 51.5 Å². The second kappa shape index (κ2) is 4.70. The summed E-state index contributed by atoms with van der Waals surface area (Å²) in [6.45, 7) is 2.79. The lowest BCUT2D eigenvalue weighted by atomic mass is 10.2. The van der Waals surface area contributed by atoms with Gasteiger partial charge in [0.2, 0.25) is 0 Å². The average molecular weight is 313 g/mol. The summed E-state index contributed by atoms with van der Waals surface area (Å²) in [5, 5.41) is 3.35. The van der Waals surface area contributed by atoms with E-state index >= 15 is 0 Å². The molecule has 0 spiro atoms. The van der Waals surface area contributed by atoms with Gasteiger partial charge >= 0.3 is 0 Å². The molecule has 0 aliphatic heterocycles. The standard InChI is InChI=1S/C12H12INO/c1-9-6-7-15-12(9)8-14-11-5-3-2-4-10(11)13/h2-7,14H,8H2,1H3. The van der Waals surface area contributed by atoms with Crippen molar-refractivity contribution < 1.29 is 4.42 Å². The molecular weight excluding hydrogens is 301 g/mol. The summed E-state index contributed by atoms with van der Waals surface area (Å²) in [6, 6.07) is 10.2. The smallest absolute Gasteiger partial charge is 0.125 e. The highest BCUT2D eigenvalue weighted by atomic mass is 127. The maximum Gasteiger partial charge on any atom is 0.125 e. The van der Waals surface area contributed by atoms with Crippen LogP contribution in [0.5, 0.6) is 0 Å². The molecule has 0 amide bonds. The zero-order valence-electron chi connectivity index (χ0n) is 8.46. The molecule has 0 saturated heterocycles. The summed E-state index contributed by atoms with van der Waals surface area (Å²) >= 11 is 2.32. The van der Waals surface area contributed by atoms with Gasteiger partial charge in [-0.05, 0) is 53.3 Å². The van der Waals surface area contributed by atoms with Gasteiger partial charge in [-0.15, -0.1) is 0 Å². The number of hydrogen-bond donors (Lipinski definition) is 1. The average Bonchev–Trinajstić information content (AvgIpc) is 2.63. The largest absolute Gasteiger partial charge is 0.467 e. The van der Waals surface area contributed by atoms with Crippen LogP contribution in [-0.4, -0.2) is 0 Å². The van der Waals surface area contributed by atoms with E-state index in [4.69, 9.17) is 4.42 Å². The van der Waals surface area contributed by atoms with Gasteiger partial charge in [-0.25, -0.2) is 0 Å². The first-order valence-electron chi connectivity index (χ1n) is 4.79. The Hall–Kier alpha value is -0.970. The van der Waals surface area contributed by atoms with Gasteiger partial charge in [-0.2, -0.15) is 0 Å². The first kappa shape index (κ1) is 10.5. The molecule has 0 saturated carbocycles. The molecule has 15 heavy (non-hydrogen) atoms. The van der Waals surface area contributed by atoms with Crippen molar-refractivity contribution in [3.8, 4) is 0 Å². The Morgan fingerprint density at radius 3 is 2.73 bits per heavy atom. The minimum Gasteiger partial charge on any atom is -0.467 e. The maximum absolute atomic E-state index is 5.36. The summed E-state index contributed by atoms with van der Waals surface area (Å²) in [5.41, 5.74) is 2.34. The van der Waals surface area contributed by atoms with Crippen LogP contribution in [0, 0.1) is 10.5 Å². The molecule has 1 aromatic heterocycles. The quantitative estimate of drug-likeness (QED) is 0.872. The van der Waals surface area contributed by atoms with Crippen LogP contribution < -0.4 is 5.32 Å². The molecule has 1 aromatic carbocycles. The molecule has 2 rings (SSSR count). The number of para-hydroxylation sites is 1. The molecule has 0 aliphatic carbocycles. The third-order valence-corrected chi connectivity index (χ3v) is 3.22. The second-order valence-electron chi connectivity index (χ2n) is 3.36. The lowest BCUT2D eigenvalue weighted by Gasteiger charge is -2.06. The summed E-state index contributed by atoms with van der Waals surface area (Å²) in [7, 11) is 0. The maximum atomic E-state index is 5.36. The predicted octanol–water partition coefficient (Wildman–Crippen LogP) is 3.80. The van der Waals surface area contributed by atoms with Crippen LogP contribution >= 0.6 is 22.6 Å². The van der Waals surface area contributed by atoms with Crippen LogP contribution in [0.2, 0.25) is 0 Å². The van der Waals surface area contributed by atoms with Gasteiger partial charge < -0.3 is 9.73 Å². The fourth-order valence-electron chi connectivity index (χ4n) is 1.37. The van der Waals surface area contributed by atoms with E-state index in [1.807, 2.05) is 18.2 Å². The van der Waals surface area contributed by atoms with Crippen LogP contribution in [0.1, 0.15) is 11.3 Å². The minimum absolute atomic E-state index is 0.735. The van der Waals surface area contributed by atoms with E-state index < -0.39 is 0 Å². The van der Waals surface area contributed by atoms with Crippen molar-refractivity contribution in [2.75, 3.05) is 5.32 Å². The Balaban J connectivity index is 2.06. The van der Waals surface area contributed by atoms with Gasteiger partial charge in [0.25, 0.3) is 0 Å². The monoisotopic (exact) mass is 313 g/mol. The minimum atomic E-state index is 0.735. The summed E-state index contributed by atoms with van der Waals surface area (Å²) in [5.74, 6) is 0.995. The molecule has 78 valence electrons. The molecular formula is C12H12INO. The topological polar surface area (TPSA) is 25.2 Å². The van der Waals surface area contributed by atoms with Crippen LogP contribution in [-0.2, 0) is 6.54 Å². The van der Waals surface area contributed by atoms with Crippen molar-refractivity contribution in [1.82, 2.24) is 0 Å². The van der Waals surface area contributed by atoms with E-state index in [1.54, 1.807) is 6.26 Å². The van der Waals surface area contributed by atoms with E-state index in [2.05, 4.69) is 47.0 Å². The molecule has 1 N–H and O–H groups in total. The molecule has 0 unspecified atom stereocenters. The number of aryl methyl sites for hydroxylation is 1. The van der Waals surface area contributed by atoms with E-state index in [0.717, 1.165) is 18.0 Å². The van der Waals surface area contributed by atoms with Gasteiger partial charge in [0.1, 0.15) is 5.76 Å². The Kier molecular flexibility index (Phi) is 3.30. The predicted molar refractivity (Wildman–Crippen MR) is 69.9 cm³/mol. The fourth-order valence-corrected chi connectivity index (χ4v) is 1.94. The number of nitrogens with one attached hydrogen (secondary N) is 1. The number of anilines is 1. The van der Waals surface area contributed by atoms with Gasteiger partial charge in [0.15, 0.2) is 0 Å². The van der Waals surface area contributed by atoms with Gasteiger partial charge in [0, 0.05) is 9.26 Å². The van der Waals surface area contributed by atoms with E-state index in [0.29, 0.717) is 0 Å². The molecule has 0 radical (unpaired) electrons. The van der Waals surface area contributed by atoms with Crippen molar-refractivity contribution in [1.29, 1.82) is 0 Å². The van der Waals surface area contributed by atoms with Crippen LogP contribution in [0.4, 0.5) is 5.69 Å². The molecule has 1 heterocycles. The summed E-state index contributed by atoms with van der Waals surface area (Å²) < 4.78 is 6.58. The highest BCUT2D eigenvalue weighted by Gasteiger charge is 2.02. The normalized spacial score (nSPS) is 10.3. The van der Waals surface area contributed by atoms with Crippen LogP contribution in [0.25, 0.3) is 0 Å². The Bertz CT molecular complexity index is 450. The summed E-state index contributed by atoms with van der Waals surface area (Å²) in [6.07, 6.45) is 1.72. The zero-order valence-corrected chi connectivity index (χ0v) is 10.6. The first-order valence-corrected chi connectivity index (χ1v) is 5.86. The van der Waals surface area contributed by atoms with Crippen molar-refractivity contribution in [3.63, 3.8) is 0 Å². The third kappa shape index (κ3) is 2.53. The molecule has 0 fully saturated rings. The lowest BCUT2D eigenvalue weighted by Crippen LogP contribution is -2.00. The Morgan fingerprint density at radius 1 is 1.27 bits per heavy atom. The number of rotatable bonds is 3. The SMILES string of the molecule is Cc1ccoc1CNc1ccccc1I. The highest BCUT2D eigenvalue weighted by molar-refractivity contribution is 14.1. The number of furan rings is 1. The Labute approximate surface area is 103 Å². The van der Waals surface area contributed by atoms with Gasteiger partial charge in [-0.3, -0.25) is 0 Å². The third-order valence-electron chi connectivity index (χ3n) is 2.28. The lowest BCUT2D eigenvalue weighted by molar-refractivity contribution is 0.515. The second-order valence-corrected chi connectivity index (χ2v) is 4.52. The Morgan fingerprint density at radius 2 is 2.07 bits per heavy atom. The van der Waals surface area contributed by atoms with Gasteiger partial charge in [0.05, 0.1) is 12.8 Å². The fraction of sp³-hybridized carbons (Fsp3) is 0.167. The van der Waals surface area contributed by atoms with Crippen molar-refractivity contribution in [2.24, 2.45) is 0 Å². The molecule has 0 aliphatic rings. The molecule has 0 bridgehead atoms. The molecule has 2 nitrogen and oxygen atoms in total. The van der Waals surface area contributed by atoms with Crippen molar-refractivity contribution in [2.45, 2.75) is 13.5 Å². The van der Waals surface area contributed by atoms with Crippen molar-refractivity contribution >= 4 is 28.3 Å². The number of halogens is 1. The molecule has 2 aromatic rings. The van der Waals surface area contributed by atoms with E-state index in [-0.39, 0.29) is 0 Å². The molecule has 0 atom stereocenters. The highest BCUT2D eigenvalue weighted by Crippen LogP contribution is 2.18.